The van der Waals surface area contributed by atoms with Crippen LogP contribution in [0.3, 0.4) is 0 Å². The summed E-state index contributed by atoms with van der Waals surface area (Å²) < 4.78 is 6.83. The molecule has 1 amide bonds. The Labute approximate surface area is 136 Å². The van der Waals surface area contributed by atoms with Crippen LogP contribution in [0.2, 0.25) is 5.02 Å². The lowest BCUT2D eigenvalue weighted by molar-refractivity contribution is 0.0966. The minimum absolute atomic E-state index is 0.101. The van der Waals surface area contributed by atoms with Crippen molar-refractivity contribution in [3.05, 3.63) is 52.1 Å². The molecule has 0 unspecified atom stereocenters. The molecule has 3 aromatic rings. The van der Waals surface area contributed by atoms with E-state index in [0.717, 1.165) is 15.6 Å². The fourth-order valence-corrected chi connectivity index (χ4v) is 3.47. The lowest BCUT2D eigenvalue weighted by Gasteiger charge is -2.07. The Morgan fingerprint density at radius 2 is 2.00 bits per heavy atom. The Hall–Kier alpha value is -2.11. The topological polar surface area (TPSA) is 51.2 Å². The maximum absolute atomic E-state index is 11.9. The van der Waals surface area contributed by atoms with Gasteiger partial charge < -0.3 is 10.1 Å². The van der Waals surface area contributed by atoms with Gasteiger partial charge in [0.05, 0.1) is 15.8 Å². The van der Waals surface area contributed by atoms with Crippen LogP contribution in [0.4, 0.5) is 0 Å². The summed E-state index contributed by atoms with van der Waals surface area (Å²) in [5.41, 5.74) is 0.894. The normalized spacial score (nSPS) is 10.7. The van der Waals surface area contributed by atoms with Gasteiger partial charge in [-0.05, 0) is 36.8 Å². The molecule has 0 aliphatic carbocycles. The first-order chi connectivity index (χ1) is 10.6. The number of hydrogen-bond acceptors (Lipinski definition) is 4. The summed E-state index contributed by atoms with van der Waals surface area (Å²) in [7, 11) is 1.62. The number of thiophene rings is 1. The van der Waals surface area contributed by atoms with Crippen LogP contribution in [0.5, 0.6) is 11.5 Å². The van der Waals surface area contributed by atoms with Gasteiger partial charge in [-0.1, -0.05) is 11.6 Å². The van der Waals surface area contributed by atoms with Crippen LogP contribution >= 0.6 is 22.9 Å². The quantitative estimate of drug-likeness (QED) is 0.773. The summed E-state index contributed by atoms with van der Waals surface area (Å²) in [6.07, 6.45) is 3.40. The van der Waals surface area contributed by atoms with E-state index in [1.807, 2.05) is 6.92 Å². The number of ether oxygens (including phenoxy) is 1. The number of nitrogens with zero attached hydrogens (tertiary/aromatic N) is 1. The van der Waals surface area contributed by atoms with Gasteiger partial charge in [0, 0.05) is 23.7 Å². The lowest BCUT2D eigenvalue weighted by Crippen LogP contribution is -2.17. The van der Waals surface area contributed by atoms with Crippen molar-refractivity contribution in [1.29, 1.82) is 0 Å². The van der Waals surface area contributed by atoms with Gasteiger partial charge in [-0.15, -0.1) is 11.3 Å². The molecule has 2 heterocycles. The zero-order chi connectivity index (χ0) is 15.7. The van der Waals surface area contributed by atoms with E-state index in [1.165, 1.54) is 11.3 Å². The number of carbonyl (C=O) groups is 1. The molecule has 1 aromatic carbocycles. The molecule has 22 heavy (non-hydrogen) atoms. The Morgan fingerprint density at radius 1 is 1.27 bits per heavy atom. The second-order valence-corrected chi connectivity index (χ2v) is 6.19. The fraction of sp³-hybridized carbons (Fsp3) is 0.125. The summed E-state index contributed by atoms with van der Waals surface area (Å²) in [4.78, 5) is 16.8. The Kier molecular flexibility index (Phi) is 4.00. The molecule has 4 nitrogen and oxygen atoms in total. The van der Waals surface area contributed by atoms with Crippen molar-refractivity contribution < 1.29 is 9.53 Å². The second kappa shape index (κ2) is 5.94. The van der Waals surface area contributed by atoms with Gasteiger partial charge in [0.25, 0.3) is 5.91 Å². The first kappa shape index (κ1) is 14.8. The maximum Gasteiger partial charge on any atom is 0.261 e. The lowest BCUT2D eigenvalue weighted by atomic mass is 10.1. The average Bonchev–Trinajstić information content (AvgIpc) is 2.87. The third-order valence-corrected chi connectivity index (χ3v) is 4.76. The highest BCUT2D eigenvalue weighted by molar-refractivity contribution is 7.21. The number of nitrogens with one attached hydrogen (secondary N) is 1. The van der Waals surface area contributed by atoms with Crippen molar-refractivity contribution in [2.24, 2.45) is 0 Å². The first-order valence-electron chi connectivity index (χ1n) is 6.62. The molecule has 3 rings (SSSR count). The third kappa shape index (κ3) is 2.65. The maximum atomic E-state index is 11.9. The molecule has 0 saturated heterocycles. The van der Waals surface area contributed by atoms with Crippen molar-refractivity contribution >= 4 is 38.9 Å². The minimum Gasteiger partial charge on any atom is -0.455 e. The zero-order valence-electron chi connectivity index (χ0n) is 12.0. The monoisotopic (exact) mass is 332 g/mol. The molecule has 6 heteroatoms. The molecule has 0 aliphatic rings. The smallest absolute Gasteiger partial charge is 0.261 e. The molecule has 0 fully saturated rings. The largest absolute Gasteiger partial charge is 0.455 e. The van der Waals surface area contributed by atoms with Gasteiger partial charge in [0.15, 0.2) is 5.75 Å². The number of fused-ring (bicyclic) bond motifs is 1. The first-order valence-corrected chi connectivity index (χ1v) is 7.82. The van der Waals surface area contributed by atoms with Crippen LogP contribution in [0.1, 0.15) is 15.2 Å². The van der Waals surface area contributed by atoms with Crippen molar-refractivity contribution in [3.8, 4) is 11.5 Å². The van der Waals surface area contributed by atoms with Crippen molar-refractivity contribution in [3.63, 3.8) is 0 Å². The molecule has 0 spiro atoms. The minimum atomic E-state index is -0.101. The van der Waals surface area contributed by atoms with E-state index >= 15 is 0 Å². The summed E-state index contributed by atoms with van der Waals surface area (Å²) in [6.45, 7) is 1.91. The van der Waals surface area contributed by atoms with E-state index in [9.17, 15) is 4.79 Å². The molecule has 0 saturated carbocycles. The highest BCUT2D eigenvalue weighted by Crippen LogP contribution is 2.38. The SMILES string of the molecule is CNC(=O)c1sc2cncc(Oc3ccc(Cl)cc3)c2c1C. The van der Waals surface area contributed by atoms with Crippen molar-refractivity contribution in [2.45, 2.75) is 6.92 Å². The van der Waals surface area contributed by atoms with Crippen LogP contribution in [0, 0.1) is 6.92 Å². The highest BCUT2D eigenvalue weighted by atomic mass is 35.5. The van der Waals surface area contributed by atoms with Crippen LogP contribution in [-0.4, -0.2) is 17.9 Å². The predicted octanol–water partition coefficient (Wildman–Crippen LogP) is 4.41. The number of halogens is 1. The molecule has 2 aromatic heterocycles. The number of benzene rings is 1. The number of rotatable bonds is 3. The number of hydrogen-bond donors (Lipinski definition) is 1. The molecule has 0 atom stereocenters. The Morgan fingerprint density at radius 3 is 2.68 bits per heavy atom. The number of aryl methyl sites for hydroxylation is 1. The van der Waals surface area contributed by atoms with E-state index in [1.54, 1.807) is 43.7 Å². The number of carbonyl (C=O) groups excluding carboxylic acids is 1. The molecule has 0 radical (unpaired) electrons. The summed E-state index contributed by atoms with van der Waals surface area (Å²) in [5.74, 6) is 1.20. The van der Waals surface area contributed by atoms with Crippen LogP contribution in [0.25, 0.3) is 10.1 Å². The number of pyridine rings is 1. The van der Waals surface area contributed by atoms with Gasteiger partial charge in [-0.2, -0.15) is 0 Å². The molecular formula is C16H13ClN2O2S. The van der Waals surface area contributed by atoms with E-state index in [4.69, 9.17) is 16.3 Å². The van der Waals surface area contributed by atoms with Crippen LogP contribution < -0.4 is 10.1 Å². The third-order valence-electron chi connectivity index (χ3n) is 3.28. The van der Waals surface area contributed by atoms with Crippen LogP contribution in [0.15, 0.2) is 36.7 Å². The molecular weight excluding hydrogens is 320 g/mol. The van der Waals surface area contributed by atoms with Crippen molar-refractivity contribution in [2.75, 3.05) is 7.05 Å². The van der Waals surface area contributed by atoms with E-state index < -0.39 is 0 Å². The average molecular weight is 333 g/mol. The van der Waals surface area contributed by atoms with Gasteiger partial charge in [-0.25, -0.2) is 0 Å². The van der Waals surface area contributed by atoms with Crippen LogP contribution in [-0.2, 0) is 0 Å². The molecule has 0 aliphatic heterocycles. The number of amides is 1. The Bertz CT molecular complexity index is 843. The van der Waals surface area contributed by atoms with E-state index in [2.05, 4.69) is 10.3 Å². The molecule has 112 valence electrons. The van der Waals surface area contributed by atoms with E-state index in [0.29, 0.717) is 21.4 Å². The van der Waals surface area contributed by atoms with Gasteiger partial charge in [0.2, 0.25) is 0 Å². The Balaban J connectivity index is 2.08. The number of aromatic nitrogens is 1. The molecule has 1 N–H and O–H groups in total. The molecule has 0 bridgehead atoms. The zero-order valence-corrected chi connectivity index (χ0v) is 13.6. The summed E-state index contributed by atoms with van der Waals surface area (Å²) in [6, 6.07) is 7.12. The van der Waals surface area contributed by atoms with Crippen molar-refractivity contribution in [1.82, 2.24) is 10.3 Å². The summed E-state index contributed by atoms with van der Waals surface area (Å²) in [5, 5.41) is 4.22. The predicted molar refractivity (Wildman–Crippen MR) is 89.3 cm³/mol. The van der Waals surface area contributed by atoms with E-state index in [-0.39, 0.29) is 5.91 Å². The fourth-order valence-electron chi connectivity index (χ4n) is 2.21. The van der Waals surface area contributed by atoms with Gasteiger partial charge in [-0.3, -0.25) is 9.78 Å². The van der Waals surface area contributed by atoms with Gasteiger partial charge in [0.1, 0.15) is 5.75 Å². The summed E-state index contributed by atoms with van der Waals surface area (Å²) >= 11 is 7.29. The standard InChI is InChI=1S/C16H13ClN2O2S/c1-9-14-12(21-11-5-3-10(17)4-6-11)7-19-8-13(14)22-15(9)16(20)18-2/h3-8H,1-2H3,(H,18,20). The van der Waals surface area contributed by atoms with Gasteiger partial charge >= 0.3 is 0 Å². The second-order valence-electron chi connectivity index (χ2n) is 4.70. The highest BCUT2D eigenvalue weighted by Gasteiger charge is 2.18.